The predicted octanol–water partition coefficient (Wildman–Crippen LogP) is 4.90. The summed E-state index contributed by atoms with van der Waals surface area (Å²) in [5.41, 5.74) is 7.00. The second-order valence-corrected chi connectivity index (χ2v) is 8.71. The molecule has 4 rings (SSSR count). The van der Waals surface area contributed by atoms with Crippen LogP contribution in [-0.2, 0) is 0 Å². The summed E-state index contributed by atoms with van der Waals surface area (Å²) >= 11 is 1.65. The number of hydrogen-bond acceptors (Lipinski definition) is 3. The van der Waals surface area contributed by atoms with E-state index in [0.29, 0.717) is 17.9 Å². The van der Waals surface area contributed by atoms with Crippen LogP contribution < -0.4 is 11.1 Å². The Kier molecular flexibility index (Phi) is 6.85. The molecule has 27 heavy (non-hydrogen) atoms. The van der Waals surface area contributed by atoms with Crippen molar-refractivity contribution < 1.29 is 4.79 Å². The van der Waals surface area contributed by atoms with E-state index in [1.54, 1.807) is 11.8 Å². The fraction of sp³-hybridized carbons (Fsp3) is 0.409. The van der Waals surface area contributed by atoms with E-state index in [-0.39, 0.29) is 24.4 Å². The van der Waals surface area contributed by atoms with Crippen molar-refractivity contribution >= 4 is 30.1 Å². The molecular weight excluding hydrogens is 376 g/mol. The number of fused-ring (bicyclic) bond motifs is 2. The van der Waals surface area contributed by atoms with E-state index in [1.807, 2.05) is 42.5 Å². The van der Waals surface area contributed by atoms with Gasteiger partial charge in [-0.25, -0.2) is 0 Å². The van der Waals surface area contributed by atoms with Crippen molar-refractivity contribution in [1.29, 1.82) is 0 Å². The van der Waals surface area contributed by atoms with Gasteiger partial charge in [0.25, 0.3) is 5.91 Å². The zero-order chi connectivity index (χ0) is 17.9. The van der Waals surface area contributed by atoms with Gasteiger partial charge in [-0.15, -0.1) is 12.4 Å². The van der Waals surface area contributed by atoms with Crippen LogP contribution in [0.1, 0.15) is 42.5 Å². The largest absolute Gasteiger partial charge is 0.349 e. The van der Waals surface area contributed by atoms with Crippen LogP contribution in [0, 0.1) is 11.8 Å². The average molecular weight is 403 g/mol. The smallest absolute Gasteiger partial charge is 0.252 e. The first-order valence-corrected chi connectivity index (χ1v) is 10.4. The molecule has 144 valence electrons. The van der Waals surface area contributed by atoms with Crippen LogP contribution >= 0.6 is 24.2 Å². The van der Waals surface area contributed by atoms with Gasteiger partial charge < -0.3 is 11.1 Å². The lowest BCUT2D eigenvalue weighted by atomic mass is 9.67. The van der Waals surface area contributed by atoms with Crippen molar-refractivity contribution in [1.82, 2.24) is 5.32 Å². The first kappa shape index (κ1) is 20.2. The highest BCUT2D eigenvalue weighted by atomic mass is 35.5. The Balaban J connectivity index is 0.00000210. The number of halogens is 1. The Morgan fingerprint density at radius 2 is 1.59 bits per heavy atom. The first-order valence-electron chi connectivity index (χ1n) is 9.59. The number of benzene rings is 2. The van der Waals surface area contributed by atoms with Crippen LogP contribution in [0.15, 0.2) is 64.4 Å². The van der Waals surface area contributed by atoms with E-state index in [1.165, 1.54) is 19.3 Å². The van der Waals surface area contributed by atoms with Crippen molar-refractivity contribution in [2.75, 3.05) is 0 Å². The van der Waals surface area contributed by atoms with Gasteiger partial charge in [0, 0.05) is 21.9 Å². The topological polar surface area (TPSA) is 55.1 Å². The maximum Gasteiger partial charge on any atom is 0.252 e. The molecule has 2 aromatic rings. The maximum absolute atomic E-state index is 13.1. The summed E-state index contributed by atoms with van der Waals surface area (Å²) in [6.07, 6.45) is 5.74. The number of amides is 1. The lowest BCUT2D eigenvalue weighted by Gasteiger charge is -2.45. The monoisotopic (exact) mass is 402 g/mol. The second-order valence-electron chi connectivity index (χ2n) is 7.59. The molecule has 0 aliphatic heterocycles. The summed E-state index contributed by atoms with van der Waals surface area (Å²) in [6.45, 7) is 0. The van der Waals surface area contributed by atoms with E-state index in [2.05, 4.69) is 17.4 Å². The van der Waals surface area contributed by atoms with Crippen LogP contribution in [-0.4, -0.2) is 18.0 Å². The predicted molar refractivity (Wildman–Crippen MR) is 114 cm³/mol. The minimum absolute atomic E-state index is 0. The maximum atomic E-state index is 13.1. The SMILES string of the molecule is Cl.NC1CC2CCCC(C1)C2NC(=O)c1ccccc1Sc1ccccc1. The Bertz CT molecular complexity index is 756. The van der Waals surface area contributed by atoms with Crippen LogP contribution in [0.25, 0.3) is 0 Å². The Labute approximate surface area is 171 Å². The molecular formula is C22H27ClN2OS. The van der Waals surface area contributed by atoms with Gasteiger partial charge in [-0.2, -0.15) is 0 Å². The lowest BCUT2D eigenvalue weighted by Crippen LogP contribution is -2.53. The summed E-state index contributed by atoms with van der Waals surface area (Å²) < 4.78 is 0. The van der Waals surface area contributed by atoms with Crippen molar-refractivity contribution in [2.24, 2.45) is 17.6 Å². The highest BCUT2D eigenvalue weighted by Gasteiger charge is 2.40. The zero-order valence-electron chi connectivity index (χ0n) is 15.3. The third kappa shape index (κ3) is 4.68. The normalized spacial score (nSPS) is 26.7. The highest BCUT2D eigenvalue weighted by molar-refractivity contribution is 7.99. The molecule has 2 aromatic carbocycles. The highest BCUT2D eigenvalue weighted by Crippen LogP contribution is 2.40. The number of nitrogens with one attached hydrogen (secondary N) is 1. The van der Waals surface area contributed by atoms with Crippen molar-refractivity contribution in [2.45, 2.75) is 54.0 Å². The van der Waals surface area contributed by atoms with Gasteiger partial charge in [0.05, 0.1) is 5.56 Å². The summed E-state index contributed by atoms with van der Waals surface area (Å²) in [4.78, 5) is 15.2. The van der Waals surface area contributed by atoms with Gasteiger partial charge in [-0.3, -0.25) is 4.79 Å². The quantitative estimate of drug-likeness (QED) is 0.765. The second kappa shape index (κ2) is 9.13. The van der Waals surface area contributed by atoms with E-state index >= 15 is 0 Å². The lowest BCUT2D eigenvalue weighted by molar-refractivity contribution is 0.0753. The molecule has 2 unspecified atom stereocenters. The number of carbonyl (C=O) groups excluding carboxylic acids is 1. The molecule has 3 N–H and O–H groups in total. The standard InChI is InChI=1S/C22H26N2OS.ClH/c23-17-13-15-7-6-8-16(14-17)21(15)24-22(25)19-11-4-5-12-20(19)26-18-9-2-1-3-10-18;/h1-5,9-12,15-17,21H,6-8,13-14,23H2,(H,24,25);1H. The summed E-state index contributed by atoms with van der Waals surface area (Å²) in [6, 6.07) is 18.7. The first-order chi connectivity index (χ1) is 12.7. The molecule has 0 heterocycles. The zero-order valence-corrected chi connectivity index (χ0v) is 17.0. The van der Waals surface area contributed by atoms with Gasteiger partial charge in [-0.05, 0) is 61.8 Å². The molecule has 0 saturated heterocycles. The van der Waals surface area contributed by atoms with Gasteiger partial charge in [0.1, 0.15) is 0 Å². The van der Waals surface area contributed by atoms with E-state index in [9.17, 15) is 4.79 Å². The number of hydrogen-bond donors (Lipinski definition) is 2. The van der Waals surface area contributed by atoms with Crippen molar-refractivity contribution in [3.05, 3.63) is 60.2 Å². The molecule has 0 spiro atoms. The molecule has 2 bridgehead atoms. The van der Waals surface area contributed by atoms with E-state index < -0.39 is 0 Å². The summed E-state index contributed by atoms with van der Waals surface area (Å²) in [5.74, 6) is 1.13. The summed E-state index contributed by atoms with van der Waals surface area (Å²) in [7, 11) is 0. The molecule has 2 fully saturated rings. The Hall–Kier alpha value is -1.49. The molecule has 0 aromatic heterocycles. The fourth-order valence-corrected chi connectivity index (χ4v) is 5.58. The van der Waals surface area contributed by atoms with E-state index in [4.69, 9.17) is 5.73 Å². The Morgan fingerprint density at radius 1 is 0.963 bits per heavy atom. The number of rotatable bonds is 4. The van der Waals surface area contributed by atoms with Gasteiger partial charge in [0.2, 0.25) is 0 Å². The molecule has 2 aliphatic carbocycles. The third-order valence-electron chi connectivity index (χ3n) is 5.78. The molecule has 5 heteroatoms. The van der Waals surface area contributed by atoms with Crippen LogP contribution in [0.5, 0.6) is 0 Å². The minimum Gasteiger partial charge on any atom is -0.349 e. The van der Waals surface area contributed by atoms with Crippen LogP contribution in [0.3, 0.4) is 0 Å². The molecule has 3 nitrogen and oxygen atoms in total. The molecule has 2 atom stereocenters. The van der Waals surface area contributed by atoms with Crippen LogP contribution in [0.4, 0.5) is 0 Å². The number of nitrogens with two attached hydrogens (primary N) is 1. The van der Waals surface area contributed by atoms with Gasteiger partial charge >= 0.3 is 0 Å². The number of carbonyl (C=O) groups is 1. The van der Waals surface area contributed by atoms with E-state index in [0.717, 1.165) is 28.2 Å². The van der Waals surface area contributed by atoms with Crippen LogP contribution in [0.2, 0.25) is 0 Å². The summed E-state index contributed by atoms with van der Waals surface area (Å²) in [5, 5.41) is 3.38. The minimum atomic E-state index is 0. The molecule has 2 aliphatic rings. The third-order valence-corrected chi connectivity index (χ3v) is 6.86. The molecule has 0 radical (unpaired) electrons. The molecule has 2 saturated carbocycles. The van der Waals surface area contributed by atoms with Crippen molar-refractivity contribution in [3.8, 4) is 0 Å². The fourth-order valence-electron chi connectivity index (χ4n) is 4.61. The van der Waals surface area contributed by atoms with Gasteiger partial charge in [-0.1, -0.05) is 48.5 Å². The average Bonchev–Trinajstić information content (AvgIpc) is 2.64. The van der Waals surface area contributed by atoms with Gasteiger partial charge in [0.15, 0.2) is 0 Å². The molecule has 1 amide bonds. The van der Waals surface area contributed by atoms with Crippen molar-refractivity contribution in [3.63, 3.8) is 0 Å². The Morgan fingerprint density at radius 3 is 2.30 bits per heavy atom.